The normalized spacial score (nSPS) is 11.2. The van der Waals surface area contributed by atoms with Gasteiger partial charge in [0.1, 0.15) is 11.5 Å². The third-order valence-electron chi connectivity index (χ3n) is 6.11. The van der Waals surface area contributed by atoms with Crippen molar-refractivity contribution in [2.45, 2.75) is 90.9 Å². The van der Waals surface area contributed by atoms with Gasteiger partial charge in [-0.05, 0) is 55.3 Å². The second kappa shape index (κ2) is 14.6. The van der Waals surface area contributed by atoms with E-state index in [1.807, 2.05) is 28.9 Å². The highest BCUT2D eigenvalue weighted by Gasteiger charge is 2.05. The van der Waals surface area contributed by atoms with Gasteiger partial charge < -0.3 is 9.47 Å². The predicted octanol–water partition coefficient (Wildman–Crippen LogP) is 8.50. The molecule has 1 aromatic heterocycles. The van der Waals surface area contributed by atoms with Gasteiger partial charge in [0.05, 0.1) is 24.4 Å². The van der Waals surface area contributed by atoms with E-state index >= 15 is 0 Å². The zero-order valence-electron chi connectivity index (χ0n) is 20.7. The molecule has 0 aliphatic rings. The first-order valence-electron chi connectivity index (χ1n) is 13.2. The Kier molecular flexibility index (Phi) is 11.1. The lowest BCUT2D eigenvalue weighted by Crippen LogP contribution is -1.98. The monoisotopic (exact) mass is 450 g/mol. The van der Waals surface area contributed by atoms with Crippen LogP contribution in [0.15, 0.2) is 48.7 Å². The van der Waals surface area contributed by atoms with Crippen LogP contribution in [0.1, 0.15) is 90.9 Å². The second-order valence-corrected chi connectivity index (χ2v) is 9.02. The van der Waals surface area contributed by atoms with Gasteiger partial charge in [0, 0.05) is 11.6 Å². The molecule has 2 aromatic carbocycles. The second-order valence-electron chi connectivity index (χ2n) is 9.02. The number of rotatable bonds is 17. The summed E-state index contributed by atoms with van der Waals surface area (Å²) in [6.45, 7) is 6.06. The topological polar surface area (TPSA) is 36.3 Å². The van der Waals surface area contributed by atoms with Gasteiger partial charge in [0.25, 0.3) is 0 Å². The maximum atomic E-state index is 5.93. The van der Waals surface area contributed by atoms with Crippen LogP contribution < -0.4 is 9.47 Å². The Hall–Kier alpha value is -2.49. The molecular weight excluding hydrogens is 408 g/mol. The molecule has 3 rings (SSSR count). The lowest BCUT2D eigenvalue weighted by atomic mass is 10.1. The fourth-order valence-electron chi connectivity index (χ4n) is 4.07. The number of benzene rings is 2. The van der Waals surface area contributed by atoms with E-state index in [2.05, 4.69) is 38.2 Å². The maximum absolute atomic E-state index is 5.93. The van der Waals surface area contributed by atoms with Crippen molar-refractivity contribution in [3.8, 4) is 17.2 Å². The first-order valence-corrected chi connectivity index (χ1v) is 13.2. The maximum Gasteiger partial charge on any atom is 0.120 e. The van der Waals surface area contributed by atoms with Crippen LogP contribution >= 0.6 is 0 Å². The Morgan fingerprint density at radius 3 is 1.85 bits per heavy atom. The van der Waals surface area contributed by atoms with Crippen molar-refractivity contribution >= 4 is 10.9 Å². The SMILES string of the molecule is CCCCCCCCCCOc1ccc(-n2cc3cc(OCCCCCC)ccc3n2)cc1. The Morgan fingerprint density at radius 1 is 0.636 bits per heavy atom. The lowest BCUT2D eigenvalue weighted by molar-refractivity contribution is 0.304. The summed E-state index contributed by atoms with van der Waals surface area (Å²) < 4.78 is 13.8. The van der Waals surface area contributed by atoms with Crippen LogP contribution in [0.25, 0.3) is 16.6 Å². The fraction of sp³-hybridized carbons (Fsp3) is 0.552. The van der Waals surface area contributed by atoms with Gasteiger partial charge in [-0.15, -0.1) is 0 Å². The van der Waals surface area contributed by atoms with E-state index in [0.717, 1.165) is 54.1 Å². The molecule has 0 aliphatic heterocycles. The summed E-state index contributed by atoms with van der Waals surface area (Å²) in [5, 5.41) is 5.81. The number of unbranched alkanes of at least 4 members (excludes halogenated alkanes) is 10. The summed E-state index contributed by atoms with van der Waals surface area (Å²) in [5.41, 5.74) is 2.01. The van der Waals surface area contributed by atoms with Crippen molar-refractivity contribution in [2.75, 3.05) is 13.2 Å². The minimum absolute atomic E-state index is 0.778. The van der Waals surface area contributed by atoms with Crippen molar-refractivity contribution in [3.63, 3.8) is 0 Å². The van der Waals surface area contributed by atoms with Gasteiger partial charge in [0.2, 0.25) is 0 Å². The number of hydrogen-bond donors (Lipinski definition) is 0. The van der Waals surface area contributed by atoms with E-state index < -0.39 is 0 Å². The number of fused-ring (bicyclic) bond motifs is 1. The molecule has 0 amide bonds. The van der Waals surface area contributed by atoms with Crippen LogP contribution in [0.4, 0.5) is 0 Å². The van der Waals surface area contributed by atoms with Gasteiger partial charge in [-0.25, -0.2) is 4.68 Å². The van der Waals surface area contributed by atoms with Crippen LogP contribution in [0.2, 0.25) is 0 Å². The lowest BCUT2D eigenvalue weighted by Gasteiger charge is -2.07. The Bertz CT molecular complexity index is 917. The fourth-order valence-corrected chi connectivity index (χ4v) is 4.07. The first-order chi connectivity index (χ1) is 16.3. The largest absolute Gasteiger partial charge is 0.494 e. The molecule has 4 nitrogen and oxygen atoms in total. The summed E-state index contributed by atoms with van der Waals surface area (Å²) in [5.74, 6) is 1.85. The summed E-state index contributed by atoms with van der Waals surface area (Å²) in [4.78, 5) is 0. The average molecular weight is 451 g/mol. The van der Waals surface area contributed by atoms with Gasteiger partial charge in [0.15, 0.2) is 0 Å². The molecule has 0 saturated heterocycles. The molecule has 4 heteroatoms. The van der Waals surface area contributed by atoms with Crippen LogP contribution in [-0.2, 0) is 0 Å². The molecule has 180 valence electrons. The minimum atomic E-state index is 0.778. The number of hydrogen-bond acceptors (Lipinski definition) is 3. The molecule has 0 spiro atoms. The molecular formula is C29H42N2O2. The van der Waals surface area contributed by atoms with Crippen LogP contribution in [0.5, 0.6) is 11.5 Å². The minimum Gasteiger partial charge on any atom is -0.494 e. The van der Waals surface area contributed by atoms with Crippen LogP contribution in [0, 0.1) is 0 Å². The summed E-state index contributed by atoms with van der Waals surface area (Å²) in [7, 11) is 0. The summed E-state index contributed by atoms with van der Waals surface area (Å²) in [6.07, 6.45) is 17.5. The smallest absolute Gasteiger partial charge is 0.120 e. The number of nitrogens with zero attached hydrogens (tertiary/aromatic N) is 2. The van der Waals surface area contributed by atoms with E-state index in [-0.39, 0.29) is 0 Å². The molecule has 0 atom stereocenters. The van der Waals surface area contributed by atoms with Crippen molar-refractivity contribution in [2.24, 2.45) is 0 Å². The molecule has 0 bridgehead atoms. The molecule has 0 radical (unpaired) electrons. The quantitative estimate of drug-likeness (QED) is 0.193. The molecule has 3 aromatic rings. The van der Waals surface area contributed by atoms with Gasteiger partial charge >= 0.3 is 0 Å². The Labute approximate surface area is 200 Å². The van der Waals surface area contributed by atoms with E-state index in [9.17, 15) is 0 Å². The van der Waals surface area contributed by atoms with Crippen molar-refractivity contribution < 1.29 is 9.47 Å². The third-order valence-corrected chi connectivity index (χ3v) is 6.11. The first kappa shape index (κ1) is 25.1. The molecule has 33 heavy (non-hydrogen) atoms. The third kappa shape index (κ3) is 8.75. The molecule has 0 aliphatic carbocycles. The summed E-state index contributed by atoms with van der Waals surface area (Å²) in [6, 6.07) is 14.4. The zero-order valence-corrected chi connectivity index (χ0v) is 20.7. The molecule has 1 heterocycles. The van der Waals surface area contributed by atoms with Crippen molar-refractivity contribution in [3.05, 3.63) is 48.7 Å². The van der Waals surface area contributed by atoms with Crippen LogP contribution in [0.3, 0.4) is 0 Å². The van der Waals surface area contributed by atoms with Gasteiger partial charge in [-0.2, -0.15) is 5.10 Å². The van der Waals surface area contributed by atoms with Gasteiger partial charge in [-0.1, -0.05) is 78.1 Å². The highest BCUT2D eigenvalue weighted by Crippen LogP contribution is 2.23. The molecule has 0 N–H and O–H groups in total. The number of aromatic nitrogens is 2. The Balaban J connectivity index is 1.42. The average Bonchev–Trinajstić information content (AvgIpc) is 3.27. The zero-order chi connectivity index (χ0) is 23.1. The molecule has 0 unspecified atom stereocenters. The highest BCUT2D eigenvalue weighted by molar-refractivity contribution is 5.80. The van der Waals surface area contributed by atoms with E-state index in [0.29, 0.717) is 0 Å². The van der Waals surface area contributed by atoms with Crippen molar-refractivity contribution in [1.29, 1.82) is 0 Å². The summed E-state index contributed by atoms with van der Waals surface area (Å²) >= 11 is 0. The highest BCUT2D eigenvalue weighted by atomic mass is 16.5. The van der Waals surface area contributed by atoms with Crippen molar-refractivity contribution in [1.82, 2.24) is 9.78 Å². The standard InChI is InChI=1S/C29H42N2O2/c1-3-5-7-9-10-11-12-14-21-32-27-17-15-26(16-18-27)31-24-25-23-28(19-20-29(25)30-31)33-22-13-8-6-4-2/h15-20,23-24H,3-14,21-22H2,1-2H3. The molecule has 0 fully saturated rings. The Morgan fingerprint density at radius 2 is 1.18 bits per heavy atom. The van der Waals surface area contributed by atoms with Crippen LogP contribution in [-0.4, -0.2) is 23.0 Å². The van der Waals surface area contributed by atoms with E-state index in [1.165, 1.54) is 64.2 Å². The number of ether oxygens (including phenoxy) is 2. The predicted molar refractivity (Wildman–Crippen MR) is 139 cm³/mol. The molecule has 0 saturated carbocycles. The van der Waals surface area contributed by atoms with Gasteiger partial charge in [-0.3, -0.25) is 0 Å². The van der Waals surface area contributed by atoms with E-state index in [4.69, 9.17) is 14.6 Å². The van der Waals surface area contributed by atoms with E-state index in [1.54, 1.807) is 0 Å².